The van der Waals surface area contributed by atoms with Crippen molar-refractivity contribution >= 4 is 28.3 Å². The molecule has 2 fully saturated rings. The van der Waals surface area contributed by atoms with Crippen LogP contribution in [0.5, 0.6) is 0 Å². The minimum absolute atomic E-state index is 0.0874. The van der Waals surface area contributed by atoms with Crippen LogP contribution in [0, 0.1) is 11.8 Å². The number of nitrogens with one attached hydrogen (secondary N) is 2. The second kappa shape index (κ2) is 7.53. The molecule has 2 aromatic rings. The number of aryl methyl sites for hydroxylation is 1. The van der Waals surface area contributed by atoms with E-state index in [0.29, 0.717) is 35.5 Å². The van der Waals surface area contributed by atoms with E-state index in [1.54, 1.807) is 0 Å². The van der Waals surface area contributed by atoms with Crippen molar-refractivity contribution in [2.45, 2.75) is 44.6 Å². The van der Waals surface area contributed by atoms with Crippen LogP contribution in [0.15, 0.2) is 30.3 Å². The number of rotatable bonds is 6. The summed E-state index contributed by atoms with van der Waals surface area (Å²) in [6.07, 6.45) is 5.81. The van der Waals surface area contributed by atoms with Gasteiger partial charge >= 0.3 is 6.03 Å². The fourth-order valence-electron chi connectivity index (χ4n) is 4.12. The first-order valence-electron chi connectivity index (χ1n) is 9.15. The van der Waals surface area contributed by atoms with Crippen LogP contribution >= 0.6 is 11.3 Å². The lowest BCUT2D eigenvalue weighted by atomic mass is 9.95. The monoisotopic (exact) mass is 370 g/mol. The Morgan fingerprint density at radius 2 is 1.96 bits per heavy atom. The van der Waals surface area contributed by atoms with Crippen LogP contribution in [0.4, 0.5) is 9.93 Å². The molecule has 2 bridgehead atoms. The number of urea groups is 1. The largest absolute Gasteiger partial charge is 0.335 e. The molecule has 0 radical (unpaired) electrons. The molecule has 7 heteroatoms. The minimum atomic E-state index is -0.203. The lowest BCUT2D eigenvalue weighted by Crippen LogP contribution is -2.40. The van der Waals surface area contributed by atoms with Crippen molar-refractivity contribution in [2.75, 3.05) is 5.32 Å². The summed E-state index contributed by atoms with van der Waals surface area (Å²) in [4.78, 5) is 24.3. The molecule has 0 unspecified atom stereocenters. The van der Waals surface area contributed by atoms with Gasteiger partial charge in [-0.2, -0.15) is 0 Å². The van der Waals surface area contributed by atoms with E-state index in [-0.39, 0.29) is 11.8 Å². The number of nitrogens with zero attached hydrogens (tertiary/aromatic N) is 2. The Hall–Kier alpha value is -2.28. The normalized spacial score (nSPS) is 23.8. The highest BCUT2D eigenvalue weighted by molar-refractivity contribution is 7.15. The van der Waals surface area contributed by atoms with Crippen molar-refractivity contribution in [3.63, 3.8) is 0 Å². The summed E-state index contributed by atoms with van der Waals surface area (Å²) in [7, 11) is 0. The van der Waals surface area contributed by atoms with E-state index in [1.807, 2.05) is 30.3 Å². The van der Waals surface area contributed by atoms with Gasteiger partial charge in [-0.25, -0.2) is 4.79 Å². The summed E-state index contributed by atoms with van der Waals surface area (Å²) in [6.45, 7) is 0. The molecular weight excluding hydrogens is 348 g/mol. The van der Waals surface area contributed by atoms with Crippen molar-refractivity contribution < 1.29 is 9.59 Å². The van der Waals surface area contributed by atoms with Gasteiger partial charge in [0.15, 0.2) is 5.78 Å². The van der Waals surface area contributed by atoms with E-state index < -0.39 is 0 Å². The molecule has 1 aromatic carbocycles. The number of Topliss-reactive ketones (excluding diaryl/α,β-unsaturated/α-hetero) is 1. The maximum atomic E-state index is 12.2. The number of carbonyl (C=O) groups is 2. The molecule has 2 aliphatic carbocycles. The van der Waals surface area contributed by atoms with Crippen molar-refractivity contribution in [1.82, 2.24) is 15.5 Å². The smallest absolute Gasteiger partial charge is 0.321 e. The molecule has 1 aromatic heterocycles. The molecule has 4 rings (SSSR count). The Labute approximate surface area is 156 Å². The topological polar surface area (TPSA) is 84.0 Å². The summed E-state index contributed by atoms with van der Waals surface area (Å²) < 4.78 is 0. The number of fused-ring (bicyclic) bond motifs is 2. The van der Waals surface area contributed by atoms with Gasteiger partial charge in [0.1, 0.15) is 5.01 Å². The maximum absolute atomic E-state index is 12.2. The second-order valence-corrected chi connectivity index (χ2v) is 8.23. The molecule has 2 amide bonds. The molecule has 26 heavy (non-hydrogen) atoms. The predicted octanol–water partition coefficient (Wildman–Crippen LogP) is 3.66. The third kappa shape index (κ3) is 3.93. The fraction of sp³-hybridized carbons (Fsp3) is 0.474. The van der Waals surface area contributed by atoms with Gasteiger partial charge in [-0.1, -0.05) is 48.1 Å². The highest BCUT2D eigenvalue weighted by Crippen LogP contribution is 2.44. The first-order valence-corrected chi connectivity index (χ1v) is 9.97. The van der Waals surface area contributed by atoms with Gasteiger partial charge in [0, 0.05) is 24.4 Å². The van der Waals surface area contributed by atoms with Gasteiger partial charge in [-0.3, -0.25) is 10.1 Å². The minimum Gasteiger partial charge on any atom is -0.335 e. The van der Waals surface area contributed by atoms with E-state index in [1.165, 1.54) is 30.6 Å². The molecule has 3 atom stereocenters. The summed E-state index contributed by atoms with van der Waals surface area (Å²) in [5, 5.41) is 15.2. The summed E-state index contributed by atoms with van der Waals surface area (Å²) >= 11 is 1.33. The number of carbonyl (C=O) groups excluding carboxylic acids is 2. The Balaban J connectivity index is 1.25. The first-order chi connectivity index (χ1) is 12.7. The SMILES string of the molecule is O=C(Nc1nnc(CCC(=O)c2ccccc2)s1)N[C@@H]1C[C@@H]2CC[C@H]1C2. The molecule has 0 saturated heterocycles. The molecule has 1 heterocycles. The Kier molecular flexibility index (Phi) is 4.97. The molecule has 2 aliphatic rings. The molecule has 0 spiro atoms. The van der Waals surface area contributed by atoms with Crippen molar-refractivity contribution in [2.24, 2.45) is 11.8 Å². The average molecular weight is 370 g/mol. The fourth-order valence-corrected chi connectivity index (χ4v) is 4.85. The molecule has 136 valence electrons. The van der Waals surface area contributed by atoms with E-state index in [9.17, 15) is 9.59 Å². The van der Waals surface area contributed by atoms with E-state index in [0.717, 1.165) is 17.3 Å². The van der Waals surface area contributed by atoms with Crippen LogP contribution in [-0.2, 0) is 6.42 Å². The van der Waals surface area contributed by atoms with Crippen LogP contribution in [0.3, 0.4) is 0 Å². The Bertz CT molecular complexity index is 792. The van der Waals surface area contributed by atoms with Gasteiger partial charge in [0.25, 0.3) is 0 Å². The van der Waals surface area contributed by atoms with E-state index >= 15 is 0 Å². The van der Waals surface area contributed by atoms with Gasteiger partial charge in [0.05, 0.1) is 0 Å². The molecule has 6 nitrogen and oxygen atoms in total. The van der Waals surface area contributed by atoms with E-state index in [4.69, 9.17) is 0 Å². The van der Waals surface area contributed by atoms with Crippen LogP contribution in [0.1, 0.15) is 47.5 Å². The lowest BCUT2D eigenvalue weighted by Gasteiger charge is -2.22. The first kappa shape index (κ1) is 17.1. The molecule has 2 saturated carbocycles. The van der Waals surface area contributed by atoms with Crippen LogP contribution < -0.4 is 10.6 Å². The zero-order valence-electron chi connectivity index (χ0n) is 14.5. The zero-order valence-corrected chi connectivity index (χ0v) is 15.3. The number of hydrogen-bond acceptors (Lipinski definition) is 5. The number of amides is 2. The molecule has 2 N–H and O–H groups in total. The van der Waals surface area contributed by atoms with Crippen LogP contribution in [-0.4, -0.2) is 28.1 Å². The van der Waals surface area contributed by atoms with Gasteiger partial charge in [0.2, 0.25) is 5.13 Å². The number of benzene rings is 1. The summed E-state index contributed by atoms with van der Waals surface area (Å²) in [6, 6.07) is 9.33. The predicted molar refractivity (Wildman–Crippen MR) is 100 cm³/mol. The van der Waals surface area contributed by atoms with E-state index in [2.05, 4.69) is 20.8 Å². The third-order valence-electron chi connectivity index (χ3n) is 5.40. The van der Waals surface area contributed by atoms with Crippen molar-refractivity contribution in [1.29, 1.82) is 0 Å². The van der Waals surface area contributed by atoms with Crippen LogP contribution in [0.2, 0.25) is 0 Å². The van der Waals surface area contributed by atoms with Gasteiger partial charge < -0.3 is 5.32 Å². The molecule has 0 aliphatic heterocycles. The number of hydrogen-bond donors (Lipinski definition) is 2. The highest BCUT2D eigenvalue weighted by Gasteiger charge is 2.40. The van der Waals surface area contributed by atoms with Gasteiger partial charge in [-0.15, -0.1) is 10.2 Å². The number of aromatic nitrogens is 2. The zero-order chi connectivity index (χ0) is 17.9. The number of ketones is 1. The summed E-state index contributed by atoms with van der Waals surface area (Å²) in [5.41, 5.74) is 0.709. The summed E-state index contributed by atoms with van der Waals surface area (Å²) in [5.74, 6) is 1.52. The quantitative estimate of drug-likeness (QED) is 0.760. The Morgan fingerprint density at radius 1 is 1.12 bits per heavy atom. The van der Waals surface area contributed by atoms with Crippen molar-refractivity contribution in [3.05, 3.63) is 40.9 Å². The number of anilines is 1. The highest BCUT2D eigenvalue weighted by atomic mass is 32.1. The van der Waals surface area contributed by atoms with Crippen molar-refractivity contribution in [3.8, 4) is 0 Å². The standard InChI is InChI=1S/C19H22N4O2S/c24-16(13-4-2-1-3-5-13)8-9-17-22-23-19(26-17)21-18(25)20-15-11-12-6-7-14(15)10-12/h1-5,12,14-15H,6-11H2,(H2,20,21,23,25)/t12-,14+,15-/m1/s1. The molecular formula is C19H22N4O2S. The van der Waals surface area contributed by atoms with Crippen LogP contribution in [0.25, 0.3) is 0 Å². The van der Waals surface area contributed by atoms with Gasteiger partial charge in [-0.05, 0) is 31.1 Å². The third-order valence-corrected chi connectivity index (χ3v) is 6.30. The average Bonchev–Trinajstić information content (AvgIpc) is 3.37. The Morgan fingerprint density at radius 3 is 2.69 bits per heavy atom. The maximum Gasteiger partial charge on any atom is 0.321 e. The lowest BCUT2D eigenvalue weighted by molar-refractivity contribution is 0.0982. The second-order valence-electron chi connectivity index (χ2n) is 7.17.